The lowest BCUT2D eigenvalue weighted by molar-refractivity contribution is 0.0864. The van der Waals surface area contributed by atoms with Gasteiger partial charge in [0.1, 0.15) is 4.90 Å². The smallest absolute Gasteiger partial charge is 0.269 e. The van der Waals surface area contributed by atoms with Crippen molar-refractivity contribution in [3.05, 3.63) is 59.4 Å². The second-order valence-corrected chi connectivity index (χ2v) is 6.46. The summed E-state index contributed by atoms with van der Waals surface area (Å²) in [6.45, 7) is 0.126. The number of sulfonamides is 1. The first-order chi connectivity index (χ1) is 10.1. The molecule has 2 aromatic rings. The minimum atomic E-state index is -3.80. The maximum Gasteiger partial charge on any atom is 0.269 e. The monoisotopic (exact) mass is 303 g/mol. The van der Waals surface area contributed by atoms with Crippen LogP contribution in [0, 0.1) is 0 Å². The van der Waals surface area contributed by atoms with Gasteiger partial charge in [-0.15, -0.1) is 0 Å². The summed E-state index contributed by atoms with van der Waals surface area (Å²) in [7, 11) is -3.80. The Morgan fingerprint density at radius 3 is 2.62 bits per heavy atom. The Labute approximate surface area is 122 Å². The second kappa shape index (κ2) is 4.94. The summed E-state index contributed by atoms with van der Waals surface area (Å²) >= 11 is 0. The van der Waals surface area contributed by atoms with Crippen LogP contribution in [-0.4, -0.2) is 23.6 Å². The number of aromatic nitrogens is 1. The van der Waals surface area contributed by atoms with Gasteiger partial charge in [0.15, 0.2) is 0 Å². The van der Waals surface area contributed by atoms with Crippen LogP contribution in [0.4, 0.5) is 0 Å². The maximum absolute atomic E-state index is 12.5. The molecule has 0 aliphatic carbocycles. The lowest BCUT2D eigenvalue weighted by atomic mass is 10.1. The summed E-state index contributed by atoms with van der Waals surface area (Å²) in [6, 6.07) is 9.61. The Morgan fingerprint density at radius 2 is 1.90 bits per heavy atom. The van der Waals surface area contributed by atoms with E-state index < -0.39 is 15.9 Å². The summed E-state index contributed by atoms with van der Waals surface area (Å²) in [4.78, 5) is 16.5. The predicted molar refractivity (Wildman–Crippen MR) is 75.6 cm³/mol. The Morgan fingerprint density at radius 1 is 1.14 bits per heavy atom. The second-order valence-electron chi connectivity index (χ2n) is 4.63. The number of pyridine rings is 1. The number of rotatable bonds is 3. The number of amides is 1. The van der Waals surface area contributed by atoms with Crippen LogP contribution in [0.5, 0.6) is 0 Å². The molecule has 7 heteroatoms. The highest BCUT2D eigenvalue weighted by molar-refractivity contribution is 7.90. The van der Waals surface area contributed by atoms with Crippen molar-refractivity contribution in [2.45, 2.75) is 18.0 Å². The molecular weight excluding hydrogens is 290 g/mol. The third-order valence-electron chi connectivity index (χ3n) is 3.40. The molecule has 1 amide bonds. The molecule has 6 nitrogen and oxygen atoms in total. The molecule has 0 radical (unpaired) electrons. The number of carbonyl (C=O) groups excluding carboxylic acids is 1. The molecule has 1 aliphatic heterocycles. The molecule has 0 spiro atoms. The number of nitrogens with two attached hydrogens (primary N) is 1. The fourth-order valence-electron chi connectivity index (χ4n) is 2.34. The summed E-state index contributed by atoms with van der Waals surface area (Å²) in [5.74, 6) is -0.516. The zero-order valence-electron chi connectivity index (χ0n) is 11.1. The van der Waals surface area contributed by atoms with Crippen LogP contribution in [0.15, 0.2) is 47.5 Å². The van der Waals surface area contributed by atoms with Gasteiger partial charge in [0.2, 0.25) is 0 Å². The zero-order chi connectivity index (χ0) is 15.0. The van der Waals surface area contributed by atoms with Crippen LogP contribution >= 0.6 is 0 Å². The van der Waals surface area contributed by atoms with Crippen molar-refractivity contribution < 1.29 is 13.2 Å². The molecule has 0 saturated carbocycles. The SMILES string of the molecule is NCc1ncccc1CN1C(=O)c2ccccc2S1(=O)=O. The van der Waals surface area contributed by atoms with Crippen LogP contribution in [0.25, 0.3) is 0 Å². The fourth-order valence-corrected chi connectivity index (χ4v) is 3.89. The first-order valence-corrected chi connectivity index (χ1v) is 7.78. The van der Waals surface area contributed by atoms with Gasteiger partial charge in [0, 0.05) is 12.7 Å². The lowest BCUT2D eigenvalue weighted by Gasteiger charge is -2.16. The first-order valence-electron chi connectivity index (χ1n) is 6.34. The average molecular weight is 303 g/mol. The van der Waals surface area contributed by atoms with E-state index in [1.165, 1.54) is 12.1 Å². The van der Waals surface area contributed by atoms with Gasteiger partial charge in [0.25, 0.3) is 15.9 Å². The molecule has 0 saturated heterocycles. The van der Waals surface area contributed by atoms with E-state index in [1.54, 1.807) is 30.5 Å². The molecule has 1 aromatic heterocycles. The molecule has 0 atom stereocenters. The van der Waals surface area contributed by atoms with Crippen molar-refractivity contribution in [3.63, 3.8) is 0 Å². The highest BCUT2D eigenvalue weighted by atomic mass is 32.2. The average Bonchev–Trinajstić information content (AvgIpc) is 2.69. The number of hydrogen-bond donors (Lipinski definition) is 1. The van der Waals surface area contributed by atoms with Crippen molar-refractivity contribution in [1.29, 1.82) is 0 Å². The highest BCUT2D eigenvalue weighted by Crippen LogP contribution is 2.31. The molecular formula is C14H13N3O3S. The Bertz CT molecular complexity index is 818. The maximum atomic E-state index is 12.5. The molecule has 3 rings (SSSR count). The minimum Gasteiger partial charge on any atom is -0.325 e. The molecule has 2 heterocycles. The lowest BCUT2D eigenvalue weighted by Crippen LogP contribution is -2.30. The number of carbonyl (C=O) groups is 1. The molecule has 2 N–H and O–H groups in total. The van der Waals surface area contributed by atoms with Crippen LogP contribution in [0.2, 0.25) is 0 Å². The first kappa shape index (κ1) is 13.7. The predicted octanol–water partition coefficient (Wildman–Crippen LogP) is 0.885. The van der Waals surface area contributed by atoms with E-state index in [2.05, 4.69) is 4.98 Å². The highest BCUT2D eigenvalue weighted by Gasteiger charge is 2.40. The number of fused-ring (bicyclic) bond motifs is 1. The topological polar surface area (TPSA) is 93.4 Å². The Kier molecular flexibility index (Phi) is 3.23. The largest absolute Gasteiger partial charge is 0.325 e. The molecule has 1 aromatic carbocycles. The quantitative estimate of drug-likeness (QED) is 0.908. The Hall–Kier alpha value is -2.25. The summed E-state index contributed by atoms with van der Waals surface area (Å²) in [5, 5.41) is 0. The van der Waals surface area contributed by atoms with Crippen LogP contribution in [0.1, 0.15) is 21.6 Å². The van der Waals surface area contributed by atoms with Gasteiger partial charge in [-0.1, -0.05) is 18.2 Å². The standard InChI is InChI=1S/C14H13N3O3S/c15-8-12-10(4-3-7-16-12)9-17-14(18)11-5-1-2-6-13(11)21(17,19)20/h1-7H,8-9,15H2. The van der Waals surface area contributed by atoms with E-state index >= 15 is 0 Å². The van der Waals surface area contributed by atoms with Gasteiger partial charge in [0.05, 0.1) is 17.8 Å². The van der Waals surface area contributed by atoms with Gasteiger partial charge in [-0.2, -0.15) is 0 Å². The van der Waals surface area contributed by atoms with E-state index in [4.69, 9.17) is 5.73 Å². The minimum absolute atomic E-state index is 0.0492. The van der Waals surface area contributed by atoms with E-state index in [-0.39, 0.29) is 23.5 Å². The van der Waals surface area contributed by atoms with Crippen molar-refractivity contribution >= 4 is 15.9 Å². The van der Waals surface area contributed by atoms with Crippen molar-refractivity contribution in [2.75, 3.05) is 0 Å². The van der Waals surface area contributed by atoms with E-state index in [0.29, 0.717) is 11.3 Å². The van der Waals surface area contributed by atoms with E-state index in [1.807, 2.05) is 0 Å². The van der Waals surface area contributed by atoms with Crippen LogP contribution < -0.4 is 5.73 Å². The van der Waals surface area contributed by atoms with Gasteiger partial charge in [-0.05, 0) is 23.8 Å². The molecule has 0 unspecified atom stereocenters. The van der Waals surface area contributed by atoms with Crippen molar-refractivity contribution in [2.24, 2.45) is 5.73 Å². The Balaban J connectivity index is 2.04. The van der Waals surface area contributed by atoms with Gasteiger partial charge in [-0.3, -0.25) is 9.78 Å². The van der Waals surface area contributed by atoms with Crippen LogP contribution in [0.3, 0.4) is 0 Å². The van der Waals surface area contributed by atoms with Gasteiger partial charge in [-0.25, -0.2) is 12.7 Å². The summed E-state index contributed by atoms with van der Waals surface area (Å²) in [6.07, 6.45) is 1.58. The molecule has 21 heavy (non-hydrogen) atoms. The normalized spacial score (nSPS) is 16.0. The summed E-state index contributed by atoms with van der Waals surface area (Å²) < 4.78 is 25.8. The van der Waals surface area contributed by atoms with E-state index in [0.717, 1.165) is 4.31 Å². The van der Waals surface area contributed by atoms with Crippen molar-refractivity contribution in [3.8, 4) is 0 Å². The molecule has 108 valence electrons. The fraction of sp³-hybridized carbons (Fsp3) is 0.143. The third kappa shape index (κ3) is 2.10. The molecule has 1 aliphatic rings. The number of nitrogens with zero attached hydrogens (tertiary/aromatic N) is 2. The molecule has 0 bridgehead atoms. The van der Waals surface area contributed by atoms with E-state index in [9.17, 15) is 13.2 Å². The van der Waals surface area contributed by atoms with Crippen molar-refractivity contribution in [1.82, 2.24) is 9.29 Å². The third-order valence-corrected chi connectivity index (χ3v) is 5.19. The number of benzene rings is 1. The van der Waals surface area contributed by atoms with Gasteiger partial charge >= 0.3 is 0 Å². The number of hydrogen-bond acceptors (Lipinski definition) is 5. The summed E-state index contributed by atoms with van der Waals surface area (Å²) in [5.41, 5.74) is 7.01. The molecule has 0 fully saturated rings. The zero-order valence-corrected chi connectivity index (χ0v) is 11.9. The van der Waals surface area contributed by atoms with Crippen LogP contribution in [-0.2, 0) is 23.1 Å². The van der Waals surface area contributed by atoms with Gasteiger partial charge < -0.3 is 5.73 Å².